The molecule has 0 saturated heterocycles. The fraction of sp³-hybridized carbons (Fsp3) is 0.231. The van der Waals surface area contributed by atoms with Crippen molar-refractivity contribution in [1.82, 2.24) is 25.2 Å². The van der Waals surface area contributed by atoms with Crippen LogP contribution in [0.3, 0.4) is 0 Å². The Balaban J connectivity index is 2.06. The van der Waals surface area contributed by atoms with Gasteiger partial charge in [0.2, 0.25) is 0 Å². The zero-order valence-corrected chi connectivity index (χ0v) is 11.5. The van der Waals surface area contributed by atoms with Gasteiger partial charge in [0.05, 0.1) is 27.0 Å². The van der Waals surface area contributed by atoms with Gasteiger partial charge in [0.15, 0.2) is 17.0 Å². The molecule has 1 aromatic carbocycles. The second-order valence-electron chi connectivity index (χ2n) is 4.34. The average molecular weight is 287 g/mol. The van der Waals surface area contributed by atoms with Crippen LogP contribution >= 0.6 is 0 Å². The van der Waals surface area contributed by atoms with Crippen LogP contribution < -0.4 is 15.0 Å². The van der Waals surface area contributed by atoms with Gasteiger partial charge >= 0.3 is 0 Å². The van der Waals surface area contributed by atoms with Gasteiger partial charge in [-0.2, -0.15) is 5.10 Å². The summed E-state index contributed by atoms with van der Waals surface area (Å²) in [5.74, 6) is 1.16. The fourth-order valence-electron chi connectivity index (χ4n) is 2.13. The van der Waals surface area contributed by atoms with E-state index in [4.69, 9.17) is 9.47 Å². The molecule has 8 heteroatoms. The van der Waals surface area contributed by atoms with Crippen LogP contribution in [0.25, 0.3) is 11.0 Å². The SMILES string of the molecule is COc1cccc(Cn2nnc3cn[nH]c3c2=O)c1OC. The molecule has 3 aromatic rings. The van der Waals surface area contributed by atoms with Crippen LogP contribution in [0, 0.1) is 0 Å². The Morgan fingerprint density at radius 3 is 2.90 bits per heavy atom. The van der Waals surface area contributed by atoms with Gasteiger partial charge in [-0.15, -0.1) is 5.10 Å². The third-order valence-corrected chi connectivity index (χ3v) is 3.13. The highest BCUT2D eigenvalue weighted by molar-refractivity contribution is 5.70. The maximum Gasteiger partial charge on any atom is 0.295 e. The average Bonchev–Trinajstić information content (AvgIpc) is 2.99. The van der Waals surface area contributed by atoms with E-state index in [1.54, 1.807) is 20.3 Å². The first-order valence-electron chi connectivity index (χ1n) is 6.21. The van der Waals surface area contributed by atoms with E-state index in [0.717, 1.165) is 5.56 Å². The first kappa shape index (κ1) is 13.1. The van der Waals surface area contributed by atoms with Crippen LogP contribution in [0.4, 0.5) is 0 Å². The van der Waals surface area contributed by atoms with Gasteiger partial charge in [-0.1, -0.05) is 17.3 Å². The van der Waals surface area contributed by atoms with Crippen molar-refractivity contribution < 1.29 is 9.47 Å². The second-order valence-corrected chi connectivity index (χ2v) is 4.34. The Labute approximate surface area is 119 Å². The van der Waals surface area contributed by atoms with E-state index in [1.807, 2.05) is 12.1 Å². The second kappa shape index (κ2) is 5.23. The first-order valence-corrected chi connectivity index (χ1v) is 6.21. The topological polar surface area (TPSA) is 94.9 Å². The summed E-state index contributed by atoms with van der Waals surface area (Å²) in [6, 6.07) is 5.45. The number of hydrogen-bond acceptors (Lipinski definition) is 6. The molecule has 0 bridgehead atoms. The molecular formula is C13H13N5O3. The van der Waals surface area contributed by atoms with Crippen molar-refractivity contribution in [3.8, 4) is 11.5 Å². The Morgan fingerprint density at radius 2 is 2.14 bits per heavy atom. The van der Waals surface area contributed by atoms with E-state index in [0.29, 0.717) is 22.5 Å². The third kappa shape index (κ3) is 2.20. The van der Waals surface area contributed by atoms with Crippen LogP contribution in [-0.2, 0) is 6.54 Å². The molecule has 0 aliphatic carbocycles. The lowest BCUT2D eigenvalue weighted by molar-refractivity contribution is 0.350. The van der Waals surface area contributed by atoms with Crippen LogP contribution in [-0.4, -0.2) is 39.4 Å². The number of H-pyrrole nitrogens is 1. The number of nitrogens with zero attached hydrogens (tertiary/aromatic N) is 4. The van der Waals surface area contributed by atoms with Crippen molar-refractivity contribution >= 4 is 11.0 Å². The molecule has 0 unspecified atom stereocenters. The predicted molar refractivity (Wildman–Crippen MR) is 74.6 cm³/mol. The number of rotatable bonds is 4. The smallest absolute Gasteiger partial charge is 0.295 e. The van der Waals surface area contributed by atoms with Gasteiger partial charge < -0.3 is 9.47 Å². The Kier molecular flexibility index (Phi) is 3.27. The minimum Gasteiger partial charge on any atom is -0.493 e. The van der Waals surface area contributed by atoms with Crippen molar-refractivity contribution in [2.24, 2.45) is 0 Å². The molecule has 0 spiro atoms. The van der Waals surface area contributed by atoms with Gasteiger partial charge in [-0.05, 0) is 6.07 Å². The third-order valence-electron chi connectivity index (χ3n) is 3.13. The summed E-state index contributed by atoms with van der Waals surface area (Å²) in [6.07, 6.45) is 1.46. The van der Waals surface area contributed by atoms with Gasteiger partial charge in [-0.25, -0.2) is 4.68 Å². The molecule has 3 rings (SSSR count). The maximum atomic E-state index is 12.3. The summed E-state index contributed by atoms with van der Waals surface area (Å²) >= 11 is 0. The molecule has 0 aliphatic rings. The molecule has 1 N–H and O–H groups in total. The van der Waals surface area contributed by atoms with Crippen molar-refractivity contribution in [3.05, 3.63) is 40.3 Å². The van der Waals surface area contributed by atoms with Crippen LogP contribution in [0.2, 0.25) is 0 Å². The minimum atomic E-state index is -0.289. The van der Waals surface area contributed by atoms with Crippen molar-refractivity contribution in [3.63, 3.8) is 0 Å². The lowest BCUT2D eigenvalue weighted by Crippen LogP contribution is -2.25. The molecule has 2 aromatic heterocycles. The number of aromatic amines is 1. The monoisotopic (exact) mass is 287 g/mol. The van der Waals surface area contributed by atoms with Crippen molar-refractivity contribution in [2.75, 3.05) is 14.2 Å². The van der Waals surface area contributed by atoms with Crippen LogP contribution in [0.15, 0.2) is 29.2 Å². The summed E-state index contributed by atoms with van der Waals surface area (Å²) in [4.78, 5) is 12.3. The van der Waals surface area contributed by atoms with E-state index in [2.05, 4.69) is 20.5 Å². The molecule has 0 amide bonds. The standard InChI is InChI=1S/C13H13N5O3/c1-20-10-5-3-4-8(12(10)21-2)7-18-13(19)11-9(15-17-18)6-14-16-11/h3-6H,7H2,1-2H3,(H,14,16). The van der Waals surface area contributed by atoms with E-state index in [1.165, 1.54) is 10.9 Å². The molecule has 8 nitrogen and oxygen atoms in total. The molecule has 0 atom stereocenters. The lowest BCUT2D eigenvalue weighted by atomic mass is 10.2. The highest BCUT2D eigenvalue weighted by Gasteiger charge is 2.13. The number of hydrogen-bond donors (Lipinski definition) is 1. The first-order chi connectivity index (χ1) is 10.2. The Bertz CT molecular complexity index is 839. The number of fused-ring (bicyclic) bond motifs is 1. The van der Waals surface area contributed by atoms with Crippen LogP contribution in [0.1, 0.15) is 5.56 Å². The molecular weight excluding hydrogens is 274 g/mol. The molecule has 0 fully saturated rings. The molecule has 0 saturated carbocycles. The molecule has 108 valence electrons. The summed E-state index contributed by atoms with van der Waals surface area (Å²) in [5, 5.41) is 14.3. The number of methoxy groups -OCH3 is 2. The lowest BCUT2D eigenvalue weighted by Gasteiger charge is -2.12. The predicted octanol–water partition coefficient (Wildman–Crippen LogP) is 0.580. The summed E-state index contributed by atoms with van der Waals surface area (Å²) in [7, 11) is 3.11. The Hall–Kier alpha value is -2.90. The van der Waals surface area contributed by atoms with E-state index in [9.17, 15) is 4.79 Å². The van der Waals surface area contributed by atoms with Crippen molar-refractivity contribution in [2.45, 2.75) is 6.54 Å². The number of para-hydroxylation sites is 1. The molecule has 21 heavy (non-hydrogen) atoms. The van der Waals surface area contributed by atoms with Gasteiger partial charge in [0.25, 0.3) is 5.56 Å². The molecule has 0 aliphatic heterocycles. The van der Waals surface area contributed by atoms with Crippen LogP contribution in [0.5, 0.6) is 11.5 Å². The maximum absolute atomic E-state index is 12.3. The van der Waals surface area contributed by atoms with Gasteiger partial charge in [0, 0.05) is 5.56 Å². The zero-order chi connectivity index (χ0) is 14.8. The summed E-state index contributed by atoms with van der Waals surface area (Å²) < 4.78 is 11.8. The number of benzene rings is 1. The molecule has 0 radical (unpaired) electrons. The largest absolute Gasteiger partial charge is 0.493 e. The highest BCUT2D eigenvalue weighted by atomic mass is 16.5. The quantitative estimate of drug-likeness (QED) is 0.754. The number of ether oxygens (including phenoxy) is 2. The number of nitrogens with one attached hydrogen (secondary N) is 1. The fourth-order valence-corrected chi connectivity index (χ4v) is 2.13. The van der Waals surface area contributed by atoms with Crippen molar-refractivity contribution in [1.29, 1.82) is 0 Å². The zero-order valence-electron chi connectivity index (χ0n) is 11.5. The highest BCUT2D eigenvalue weighted by Crippen LogP contribution is 2.30. The number of aromatic nitrogens is 5. The van der Waals surface area contributed by atoms with E-state index < -0.39 is 0 Å². The van der Waals surface area contributed by atoms with Gasteiger partial charge in [0.1, 0.15) is 5.52 Å². The van der Waals surface area contributed by atoms with E-state index >= 15 is 0 Å². The minimum absolute atomic E-state index is 0.223. The molecule has 2 heterocycles. The Morgan fingerprint density at radius 1 is 1.29 bits per heavy atom. The summed E-state index contributed by atoms with van der Waals surface area (Å²) in [6.45, 7) is 0.223. The summed E-state index contributed by atoms with van der Waals surface area (Å²) in [5.41, 5.74) is 1.25. The normalized spacial score (nSPS) is 10.8. The van der Waals surface area contributed by atoms with Gasteiger partial charge in [-0.3, -0.25) is 9.89 Å². The van der Waals surface area contributed by atoms with E-state index in [-0.39, 0.29) is 12.1 Å².